The third-order valence-corrected chi connectivity index (χ3v) is 5.86. The zero-order valence-corrected chi connectivity index (χ0v) is 9.98. The van der Waals surface area contributed by atoms with Crippen LogP contribution in [0.4, 0.5) is 0 Å². The van der Waals surface area contributed by atoms with Crippen molar-refractivity contribution < 1.29 is 4.74 Å². The van der Waals surface area contributed by atoms with Gasteiger partial charge in [0.2, 0.25) is 0 Å². The van der Waals surface area contributed by atoms with Gasteiger partial charge in [-0.15, -0.1) is 0 Å². The molecule has 2 heteroatoms. The van der Waals surface area contributed by atoms with E-state index in [-0.39, 0.29) is 0 Å². The summed E-state index contributed by atoms with van der Waals surface area (Å²) >= 11 is 0. The molecule has 2 atom stereocenters. The molecule has 1 heterocycles. The SMILES string of the molecule is NC1CCOC1C1C2CC3CC(C2)CC1C3. The quantitative estimate of drug-likeness (QED) is 0.736. The second-order valence-electron chi connectivity index (χ2n) is 6.80. The van der Waals surface area contributed by atoms with E-state index < -0.39 is 0 Å². The maximum absolute atomic E-state index is 6.23. The molecule has 0 aromatic carbocycles. The van der Waals surface area contributed by atoms with Crippen LogP contribution >= 0.6 is 0 Å². The Balaban J connectivity index is 1.60. The van der Waals surface area contributed by atoms with Crippen LogP contribution in [0.5, 0.6) is 0 Å². The fourth-order valence-corrected chi connectivity index (χ4v) is 5.53. The maximum atomic E-state index is 6.23. The van der Waals surface area contributed by atoms with Crippen molar-refractivity contribution in [2.75, 3.05) is 6.61 Å². The number of hydrogen-bond donors (Lipinski definition) is 1. The Bertz CT molecular complexity index is 262. The van der Waals surface area contributed by atoms with E-state index in [1.807, 2.05) is 0 Å². The van der Waals surface area contributed by atoms with Gasteiger partial charge in [-0.05, 0) is 68.1 Å². The molecular weight excluding hydrogens is 198 g/mol. The molecule has 2 N–H and O–H groups in total. The van der Waals surface area contributed by atoms with Crippen LogP contribution in [-0.2, 0) is 4.74 Å². The van der Waals surface area contributed by atoms with E-state index in [0.29, 0.717) is 12.1 Å². The largest absolute Gasteiger partial charge is 0.376 e. The van der Waals surface area contributed by atoms with Crippen LogP contribution in [-0.4, -0.2) is 18.8 Å². The van der Waals surface area contributed by atoms with Crippen molar-refractivity contribution in [3.05, 3.63) is 0 Å². The summed E-state index contributed by atoms with van der Waals surface area (Å²) in [6, 6.07) is 0.336. The molecule has 4 aliphatic carbocycles. The average molecular weight is 221 g/mol. The highest BCUT2D eigenvalue weighted by Gasteiger charge is 2.52. The number of nitrogens with two attached hydrogens (primary N) is 1. The predicted octanol–water partition coefficient (Wildman–Crippen LogP) is 2.17. The molecule has 0 aromatic rings. The van der Waals surface area contributed by atoms with Crippen molar-refractivity contribution in [1.82, 2.24) is 0 Å². The van der Waals surface area contributed by atoms with Crippen LogP contribution in [0.3, 0.4) is 0 Å². The van der Waals surface area contributed by atoms with Crippen LogP contribution in [0.2, 0.25) is 0 Å². The van der Waals surface area contributed by atoms with Crippen LogP contribution < -0.4 is 5.73 Å². The summed E-state index contributed by atoms with van der Waals surface area (Å²) in [6.07, 6.45) is 9.00. The van der Waals surface area contributed by atoms with Crippen LogP contribution in [0.15, 0.2) is 0 Å². The third-order valence-electron chi connectivity index (χ3n) is 5.86. The van der Waals surface area contributed by atoms with Gasteiger partial charge >= 0.3 is 0 Å². The van der Waals surface area contributed by atoms with Gasteiger partial charge in [-0.25, -0.2) is 0 Å². The highest BCUT2D eigenvalue weighted by Crippen LogP contribution is 2.58. The average Bonchev–Trinajstić information content (AvgIpc) is 2.63. The van der Waals surface area contributed by atoms with Gasteiger partial charge < -0.3 is 10.5 Å². The first-order valence-corrected chi connectivity index (χ1v) is 7.18. The zero-order chi connectivity index (χ0) is 10.7. The monoisotopic (exact) mass is 221 g/mol. The van der Waals surface area contributed by atoms with E-state index >= 15 is 0 Å². The molecule has 5 rings (SSSR count). The Labute approximate surface area is 97.9 Å². The highest BCUT2D eigenvalue weighted by molar-refractivity contribution is 5.03. The fraction of sp³-hybridized carbons (Fsp3) is 1.00. The molecule has 0 aromatic heterocycles. The maximum Gasteiger partial charge on any atom is 0.0760 e. The van der Waals surface area contributed by atoms with E-state index in [9.17, 15) is 0 Å². The summed E-state index contributed by atoms with van der Waals surface area (Å²) in [5.74, 6) is 4.88. The van der Waals surface area contributed by atoms with Gasteiger partial charge in [-0.1, -0.05) is 0 Å². The fourth-order valence-electron chi connectivity index (χ4n) is 5.53. The van der Waals surface area contributed by atoms with E-state index in [4.69, 9.17) is 10.5 Å². The molecule has 5 aliphatic rings. The molecule has 0 amide bonds. The minimum absolute atomic E-state index is 0.336. The molecule has 2 nitrogen and oxygen atoms in total. The summed E-state index contributed by atoms with van der Waals surface area (Å²) in [7, 11) is 0. The first-order chi connectivity index (χ1) is 7.81. The molecule has 1 saturated heterocycles. The number of rotatable bonds is 1. The normalized spacial score (nSPS) is 59.4. The van der Waals surface area contributed by atoms with E-state index in [0.717, 1.165) is 42.6 Å². The summed E-state index contributed by atoms with van der Waals surface area (Å²) < 4.78 is 5.97. The lowest BCUT2D eigenvalue weighted by Crippen LogP contribution is -2.52. The Kier molecular flexibility index (Phi) is 2.14. The minimum atomic E-state index is 0.336. The van der Waals surface area contributed by atoms with Crippen molar-refractivity contribution in [2.24, 2.45) is 35.3 Å². The summed E-state index contributed by atoms with van der Waals surface area (Å²) in [4.78, 5) is 0. The Morgan fingerprint density at radius 1 is 0.875 bits per heavy atom. The second-order valence-corrected chi connectivity index (χ2v) is 6.80. The molecule has 90 valence electrons. The van der Waals surface area contributed by atoms with Gasteiger partial charge in [0.15, 0.2) is 0 Å². The van der Waals surface area contributed by atoms with Crippen LogP contribution in [0, 0.1) is 29.6 Å². The Hall–Kier alpha value is -0.0800. The Morgan fingerprint density at radius 3 is 2.00 bits per heavy atom. The molecule has 0 radical (unpaired) electrons. The standard InChI is InChI=1S/C14H23NO/c15-12-1-2-16-14(12)13-10-4-8-3-9(6-10)7-11(13)5-8/h8-14H,1-7,15H2. The molecule has 4 bridgehead atoms. The smallest absolute Gasteiger partial charge is 0.0760 e. The topological polar surface area (TPSA) is 35.2 Å². The van der Waals surface area contributed by atoms with Gasteiger partial charge in [0.25, 0.3) is 0 Å². The van der Waals surface area contributed by atoms with Gasteiger partial charge in [-0.3, -0.25) is 0 Å². The minimum Gasteiger partial charge on any atom is -0.376 e. The van der Waals surface area contributed by atoms with Crippen LogP contribution in [0.25, 0.3) is 0 Å². The number of ether oxygens (including phenoxy) is 1. The van der Waals surface area contributed by atoms with Crippen molar-refractivity contribution in [3.8, 4) is 0 Å². The van der Waals surface area contributed by atoms with Gasteiger partial charge in [0.1, 0.15) is 0 Å². The molecule has 2 unspecified atom stereocenters. The summed E-state index contributed by atoms with van der Waals surface area (Å²) in [6.45, 7) is 0.911. The molecule has 16 heavy (non-hydrogen) atoms. The number of hydrogen-bond acceptors (Lipinski definition) is 2. The van der Waals surface area contributed by atoms with E-state index in [1.165, 1.54) is 32.1 Å². The lowest BCUT2D eigenvalue weighted by Gasteiger charge is -2.56. The summed E-state index contributed by atoms with van der Waals surface area (Å²) in [5.41, 5.74) is 6.23. The first-order valence-electron chi connectivity index (χ1n) is 7.18. The van der Waals surface area contributed by atoms with Gasteiger partial charge in [-0.2, -0.15) is 0 Å². The van der Waals surface area contributed by atoms with Crippen molar-refractivity contribution in [2.45, 2.75) is 50.7 Å². The second kappa shape index (κ2) is 3.46. The lowest BCUT2D eigenvalue weighted by molar-refractivity contribution is -0.0977. The van der Waals surface area contributed by atoms with Crippen molar-refractivity contribution >= 4 is 0 Å². The van der Waals surface area contributed by atoms with Gasteiger partial charge in [0.05, 0.1) is 6.10 Å². The van der Waals surface area contributed by atoms with E-state index in [2.05, 4.69) is 0 Å². The Morgan fingerprint density at radius 2 is 1.50 bits per heavy atom. The van der Waals surface area contributed by atoms with Crippen molar-refractivity contribution in [3.63, 3.8) is 0 Å². The summed E-state index contributed by atoms with van der Waals surface area (Å²) in [5, 5.41) is 0. The van der Waals surface area contributed by atoms with Crippen molar-refractivity contribution in [1.29, 1.82) is 0 Å². The molecule has 0 spiro atoms. The molecular formula is C14H23NO. The zero-order valence-electron chi connectivity index (χ0n) is 9.98. The van der Waals surface area contributed by atoms with Gasteiger partial charge in [0, 0.05) is 12.6 Å². The molecule has 1 aliphatic heterocycles. The molecule has 5 fully saturated rings. The van der Waals surface area contributed by atoms with Crippen LogP contribution in [0.1, 0.15) is 38.5 Å². The molecule has 4 saturated carbocycles. The predicted molar refractivity (Wildman–Crippen MR) is 62.9 cm³/mol. The lowest BCUT2D eigenvalue weighted by atomic mass is 9.50. The van der Waals surface area contributed by atoms with E-state index in [1.54, 1.807) is 0 Å². The first kappa shape index (κ1) is 9.90. The third kappa shape index (κ3) is 1.32. The highest BCUT2D eigenvalue weighted by atomic mass is 16.5.